The second-order valence-electron chi connectivity index (χ2n) is 6.79. The average Bonchev–Trinajstić information content (AvgIpc) is 3.06. The molecule has 0 bridgehead atoms. The molecule has 0 radical (unpaired) electrons. The molecule has 1 aliphatic rings. The van der Waals surface area contributed by atoms with Gasteiger partial charge >= 0.3 is 5.97 Å². The van der Waals surface area contributed by atoms with Crippen LogP contribution >= 0.6 is 0 Å². The summed E-state index contributed by atoms with van der Waals surface area (Å²) in [5.74, 6) is -2.06. The van der Waals surface area contributed by atoms with E-state index >= 15 is 0 Å². The zero-order valence-electron chi connectivity index (χ0n) is 17.0. The van der Waals surface area contributed by atoms with Gasteiger partial charge in [-0.1, -0.05) is 12.1 Å². The van der Waals surface area contributed by atoms with Crippen molar-refractivity contribution in [3.8, 4) is 17.2 Å². The number of aliphatic carboxylic acids is 1. The molecule has 4 N–H and O–H groups in total. The van der Waals surface area contributed by atoms with Crippen molar-refractivity contribution in [1.29, 1.82) is 0 Å². The van der Waals surface area contributed by atoms with E-state index in [4.69, 9.17) is 25.1 Å². The molecule has 10 heteroatoms. The molecule has 2 aromatic carbocycles. The number of hydrogen-bond donors (Lipinski definition) is 3. The van der Waals surface area contributed by atoms with Crippen molar-refractivity contribution in [1.82, 2.24) is 5.32 Å². The normalized spacial score (nSPS) is 14.3. The molecule has 0 saturated heterocycles. The number of nitrogens with one attached hydrogen (secondary N) is 1. The van der Waals surface area contributed by atoms with Crippen molar-refractivity contribution in [2.24, 2.45) is 5.73 Å². The quantitative estimate of drug-likeness (QED) is 0.490. The van der Waals surface area contributed by atoms with Crippen LogP contribution in [0.25, 0.3) is 6.08 Å². The molecule has 0 fully saturated rings. The zero-order valence-corrected chi connectivity index (χ0v) is 17.0. The molecular formula is C22H20N2O8. The van der Waals surface area contributed by atoms with Gasteiger partial charge < -0.3 is 30.4 Å². The number of carboxylic acids is 1. The first kappa shape index (κ1) is 22.3. The van der Waals surface area contributed by atoms with Crippen LogP contribution in [0, 0.1) is 0 Å². The van der Waals surface area contributed by atoms with E-state index in [0.29, 0.717) is 11.3 Å². The van der Waals surface area contributed by atoms with Gasteiger partial charge in [0, 0.05) is 6.07 Å². The van der Waals surface area contributed by atoms with Crippen LogP contribution in [-0.2, 0) is 14.4 Å². The third-order valence-electron chi connectivity index (χ3n) is 4.44. The summed E-state index contributed by atoms with van der Waals surface area (Å²) in [6.45, 7) is -0.512. The Kier molecular flexibility index (Phi) is 6.74. The Bertz CT molecular complexity index is 1110. The highest BCUT2D eigenvalue weighted by atomic mass is 16.5. The number of carbonyl (C=O) groups is 4. The first-order valence-corrected chi connectivity index (χ1v) is 9.42. The predicted octanol–water partition coefficient (Wildman–Crippen LogP) is 1.14. The highest BCUT2D eigenvalue weighted by Crippen LogP contribution is 2.35. The van der Waals surface area contributed by atoms with Crippen LogP contribution in [0.5, 0.6) is 17.2 Å². The lowest BCUT2D eigenvalue weighted by Gasteiger charge is -2.13. The Morgan fingerprint density at radius 3 is 2.66 bits per heavy atom. The number of allylic oxidation sites excluding steroid dienone is 1. The summed E-state index contributed by atoms with van der Waals surface area (Å²) >= 11 is 0. The lowest BCUT2D eigenvalue weighted by atomic mass is 10.1. The molecule has 0 aromatic heterocycles. The van der Waals surface area contributed by atoms with Gasteiger partial charge in [-0.25, -0.2) is 4.79 Å². The third kappa shape index (κ3) is 5.42. The van der Waals surface area contributed by atoms with Gasteiger partial charge in [0.15, 0.2) is 12.4 Å². The number of carbonyl (C=O) groups excluding carboxylic acids is 3. The van der Waals surface area contributed by atoms with Crippen molar-refractivity contribution < 1.29 is 38.5 Å². The Balaban J connectivity index is 1.65. The summed E-state index contributed by atoms with van der Waals surface area (Å²) in [4.78, 5) is 46.5. The van der Waals surface area contributed by atoms with E-state index in [-0.39, 0.29) is 23.0 Å². The Morgan fingerprint density at radius 1 is 1.19 bits per heavy atom. The summed E-state index contributed by atoms with van der Waals surface area (Å²) < 4.78 is 16.2. The number of primary amides is 1. The maximum absolute atomic E-state index is 12.6. The summed E-state index contributed by atoms with van der Waals surface area (Å²) in [5.41, 5.74) is 6.03. The fourth-order valence-corrected chi connectivity index (χ4v) is 2.93. The van der Waals surface area contributed by atoms with Crippen molar-refractivity contribution in [3.05, 3.63) is 59.4 Å². The van der Waals surface area contributed by atoms with E-state index in [1.165, 1.54) is 18.2 Å². The Labute approximate surface area is 182 Å². The SMILES string of the molecule is COc1cccc(C=C2Oc3cc(OCC(=O)NC(CC(N)=O)C(=O)O)ccc3C2=O)c1. The molecule has 0 spiro atoms. The van der Waals surface area contributed by atoms with E-state index in [9.17, 15) is 19.2 Å². The molecule has 1 unspecified atom stereocenters. The molecular weight excluding hydrogens is 420 g/mol. The monoisotopic (exact) mass is 440 g/mol. The van der Waals surface area contributed by atoms with Gasteiger partial charge in [-0.3, -0.25) is 14.4 Å². The van der Waals surface area contributed by atoms with Crippen LogP contribution in [0.2, 0.25) is 0 Å². The smallest absolute Gasteiger partial charge is 0.326 e. The van der Waals surface area contributed by atoms with Gasteiger partial charge in [-0.2, -0.15) is 0 Å². The Morgan fingerprint density at radius 2 is 1.97 bits per heavy atom. The molecule has 2 amide bonds. The molecule has 32 heavy (non-hydrogen) atoms. The predicted molar refractivity (Wildman–Crippen MR) is 111 cm³/mol. The Hall–Kier alpha value is -4.34. The van der Waals surface area contributed by atoms with E-state index in [1.54, 1.807) is 37.5 Å². The first-order chi connectivity index (χ1) is 15.3. The van der Waals surface area contributed by atoms with Crippen LogP contribution in [0.3, 0.4) is 0 Å². The fraction of sp³-hybridized carbons (Fsp3) is 0.182. The van der Waals surface area contributed by atoms with Crippen LogP contribution in [0.15, 0.2) is 48.2 Å². The molecule has 3 rings (SSSR count). The molecule has 10 nitrogen and oxygen atoms in total. The molecule has 0 aliphatic carbocycles. The van der Waals surface area contributed by atoms with Gasteiger partial charge in [-0.15, -0.1) is 0 Å². The number of hydrogen-bond acceptors (Lipinski definition) is 7. The van der Waals surface area contributed by atoms with Crippen molar-refractivity contribution in [2.45, 2.75) is 12.5 Å². The topological polar surface area (TPSA) is 154 Å². The number of fused-ring (bicyclic) bond motifs is 1. The highest BCUT2D eigenvalue weighted by Gasteiger charge is 2.28. The summed E-state index contributed by atoms with van der Waals surface area (Å²) in [7, 11) is 1.54. The number of amides is 2. The lowest BCUT2D eigenvalue weighted by Crippen LogP contribution is -2.45. The van der Waals surface area contributed by atoms with Crippen LogP contribution in [0.4, 0.5) is 0 Å². The minimum atomic E-state index is -1.45. The molecule has 1 heterocycles. The van der Waals surface area contributed by atoms with E-state index < -0.39 is 36.9 Å². The van der Waals surface area contributed by atoms with Crippen molar-refractivity contribution in [3.63, 3.8) is 0 Å². The van der Waals surface area contributed by atoms with Gasteiger partial charge in [0.25, 0.3) is 5.91 Å². The molecule has 166 valence electrons. The summed E-state index contributed by atoms with van der Waals surface area (Å²) in [6, 6.07) is 10.1. The number of ketones is 1. The van der Waals surface area contributed by atoms with Gasteiger partial charge in [-0.05, 0) is 35.9 Å². The van der Waals surface area contributed by atoms with Crippen LogP contribution < -0.4 is 25.3 Å². The summed E-state index contributed by atoms with van der Waals surface area (Å²) in [6.07, 6.45) is 1.04. The number of methoxy groups -OCH3 is 1. The molecule has 2 aromatic rings. The van der Waals surface area contributed by atoms with Gasteiger partial charge in [0.1, 0.15) is 23.3 Å². The first-order valence-electron chi connectivity index (χ1n) is 9.42. The number of Topliss-reactive ketones (excluding diaryl/α,β-unsaturated/α-hetero) is 1. The van der Waals surface area contributed by atoms with Gasteiger partial charge in [0.05, 0.1) is 19.1 Å². The number of carboxylic acid groups (broad SMARTS) is 1. The third-order valence-corrected chi connectivity index (χ3v) is 4.44. The minimum absolute atomic E-state index is 0.124. The van der Waals surface area contributed by atoms with Crippen LogP contribution in [-0.4, -0.2) is 48.4 Å². The number of rotatable bonds is 9. The number of benzene rings is 2. The largest absolute Gasteiger partial charge is 0.497 e. The second-order valence-corrected chi connectivity index (χ2v) is 6.79. The number of ether oxygens (including phenoxy) is 3. The molecule has 1 atom stereocenters. The van der Waals surface area contributed by atoms with Crippen molar-refractivity contribution in [2.75, 3.05) is 13.7 Å². The lowest BCUT2D eigenvalue weighted by molar-refractivity contribution is -0.143. The molecule has 1 aliphatic heterocycles. The van der Waals surface area contributed by atoms with Gasteiger partial charge in [0.2, 0.25) is 11.7 Å². The van der Waals surface area contributed by atoms with Crippen LogP contribution in [0.1, 0.15) is 22.3 Å². The minimum Gasteiger partial charge on any atom is -0.497 e. The summed E-state index contributed by atoms with van der Waals surface area (Å²) in [5, 5.41) is 11.2. The maximum atomic E-state index is 12.6. The van der Waals surface area contributed by atoms with E-state index in [1.807, 2.05) is 0 Å². The average molecular weight is 440 g/mol. The van der Waals surface area contributed by atoms with E-state index in [2.05, 4.69) is 5.32 Å². The molecule has 0 saturated carbocycles. The number of nitrogens with two attached hydrogens (primary N) is 1. The standard InChI is InChI=1S/C22H20N2O8/c1-30-13-4-2-3-12(7-13)8-18-21(27)15-6-5-14(9-17(15)32-18)31-11-20(26)24-16(22(28)29)10-19(23)25/h2-9,16H,10-11H2,1H3,(H2,23,25)(H,24,26)(H,28,29). The zero-order chi connectivity index (χ0) is 23.3. The fourth-order valence-electron chi connectivity index (χ4n) is 2.93. The second kappa shape index (κ2) is 9.65. The van der Waals surface area contributed by atoms with E-state index in [0.717, 1.165) is 5.56 Å². The highest BCUT2D eigenvalue weighted by molar-refractivity contribution is 6.14. The maximum Gasteiger partial charge on any atom is 0.326 e. The van der Waals surface area contributed by atoms with Crippen molar-refractivity contribution >= 4 is 29.6 Å².